The molecule has 3 rings (SSSR count). The van der Waals surface area contributed by atoms with Gasteiger partial charge in [0, 0.05) is 43.3 Å². The molecule has 0 aliphatic rings. The predicted octanol–water partition coefficient (Wildman–Crippen LogP) is 3.47. The van der Waals surface area contributed by atoms with Crippen molar-refractivity contribution in [3.05, 3.63) is 65.6 Å². The van der Waals surface area contributed by atoms with Crippen LogP contribution in [-0.4, -0.2) is 25.6 Å². The summed E-state index contributed by atoms with van der Waals surface area (Å²) in [7, 11) is 1.81. The Hall–Kier alpha value is -3.03. The zero-order valence-electron chi connectivity index (χ0n) is 17.1. The van der Waals surface area contributed by atoms with Crippen LogP contribution in [0, 0.1) is 5.82 Å². The summed E-state index contributed by atoms with van der Waals surface area (Å²) in [5, 5.41) is 6.89. The quantitative estimate of drug-likeness (QED) is 0.657. The number of carbonyl (C=O) groups is 1. The summed E-state index contributed by atoms with van der Waals surface area (Å²) in [4.78, 5) is 21.2. The van der Waals surface area contributed by atoms with Gasteiger partial charge in [-0.05, 0) is 12.5 Å². The summed E-state index contributed by atoms with van der Waals surface area (Å²) in [6, 6.07) is 5.72. The van der Waals surface area contributed by atoms with Gasteiger partial charge >= 0.3 is 0 Å². The Morgan fingerprint density at radius 1 is 1.31 bits per heavy atom. The molecule has 0 spiro atoms. The molecule has 8 heteroatoms. The highest BCUT2D eigenvalue weighted by Gasteiger charge is 2.24. The van der Waals surface area contributed by atoms with Gasteiger partial charge < -0.3 is 14.4 Å². The van der Waals surface area contributed by atoms with E-state index in [-0.39, 0.29) is 23.6 Å². The molecule has 2 heterocycles. The minimum atomic E-state index is -0.667. The van der Waals surface area contributed by atoms with E-state index in [1.54, 1.807) is 35.2 Å². The highest BCUT2D eigenvalue weighted by Crippen LogP contribution is 2.23. The van der Waals surface area contributed by atoms with Crippen LogP contribution in [0.1, 0.15) is 62.8 Å². The van der Waals surface area contributed by atoms with E-state index in [2.05, 4.69) is 20.4 Å². The van der Waals surface area contributed by atoms with E-state index in [0.717, 1.165) is 0 Å². The van der Waals surface area contributed by atoms with Crippen LogP contribution in [0.3, 0.4) is 0 Å². The van der Waals surface area contributed by atoms with Gasteiger partial charge in [0.15, 0.2) is 5.82 Å². The van der Waals surface area contributed by atoms with Crippen molar-refractivity contribution in [3.8, 4) is 0 Å². The Kier molecular flexibility index (Phi) is 6.10. The second-order valence-electron chi connectivity index (χ2n) is 8.03. The maximum absolute atomic E-state index is 14.4. The molecular weight excluding hydrogens is 373 g/mol. The van der Waals surface area contributed by atoms with Crippen LogP contribution in [0.25, 0.3) is 0 Å². The molecule has 0 fully saturated rings. The fraction of sp³-hybridized carbons (Fsp3) is 0.429. The molecule has 0 radical (unpaired) electrons. The molecule has 7 nitrogen and oxygen atoms in total. The summed E-state index contributed by atoms with van der Waals surface area (Å²) >= 11 is 0. The molecule has 0 saturated heterocycles. The lowest BCUT2D eigenvalue weighted by molar-refractivity contribution is -0.121. The van der Waals surface area contributed by atoms with Gasteiger partial charge in [-0.2, -0.15) is 4.98 Å². The number of carbonyl (C=O) groups excluding carboxylic acids is 1. The molecule has 1 unspecified atom stereocenters. The first kappa shape index (κ1) is 20.7. The molecule has 2 aromatic heterocycles. The third-order valence-corrected chi connectivity index (χ3v) is 4.57. The molecule has 1 N–H and O–H groups in total. The van der Waals surface area contributed by atoms with Gasteiger partial charge in [0.1, 0.15) is 17.7 Å². The van der Waals surface area contributed by atoms with Gasteiger partial charge in [-0.15, -0.1) is 0 Å². The first-order valence-corrected chi connectivity index (χ1v) is 9.60. The fourth-order valence-electron chi connectivity index (χ4n) is 2.94. The topological polar surface area (TPSA) is 85.8 Å². The highest BCUT2D eigenvalue weighted by atomic mass is 19.1. The van der Waals surface area contributed by atoms with Gasteiger partial charge in [0.25, 0.3) is 0 Å². The Balaban J connectivity index is 1.64. The molecule has 154 valence electrons. The lowest BCUT2D eigenvalue weighted by Crippen LogP contribution is -2.31. The van der Waals surface area contributed by atoms with E-state index in [1.165, 1.54) is 6.07 Å². The van der Waals surface area contributed by atoms with E-state index in [4.69, 9.17) is 4.52 Å². The van der Waals surface area contributed by atoms with E-state index in [0.29, 0.717) is 35.9 Å². The van der Waals surface area contributed by atoms with Gasteiger partial charge in [0.05, 0.1) is 0 Å². The number of imidazole rings is 1. The molecule has 29 heavy (non-hydrogen) atoms. The molecular formula is C21H26FN5O2. The zero-order chi connectivity index (χ0) is 21.0. The van der Waals surface area contributed by atoms with Crippen LogP contribution in [0.4, 0.5) is 4.39 Å². The molecule has 0 bridgehead atoms. The molecule has 0 aliphatic heterocycles. The van der Waals surface area contributed by atoms with Crippen molar-refractivity contribution < 1.29 is 13.7 Å². The minimum absolute atomic E-state index is 0.186. The van der Waals surface area contributed by atoms with Crippen LogP contribution in [0.5, 0.6) is 0 Å². The first-order chi connectivity index (χ1) is 13.8. The summed E-state index contributed by atoms with van der Waals surface area (Å²) in [6.07, 6.45) is 4.68. The second-order valence-corrected chi connectivity index (χ2v) is 8.03. The molecule has 0 saturated carbocycles. The van der Waals surface area contributed by atoms with Crippen LogP contribution >= 0.6 is 0 Å². The number of aryl methyl sites for hydroxylation is 2. The number of hydrogen-bond acceptors (Lipinski definition) is 5. The van der Waals surface area contributed by atoms with E-state index in [1.807, 2.05) is 27.8 Å². The van der Waals surface area contributed by atoms with Crippen molar-refractivity contribution in [3.63, 3.8) is 0 Å². The highest BCUT2D eigenvalue weighted by molar-refractivity contribution is 5.76. The molecule has 1 atom stereocenters. The average Bonchev–Trinajstić information content (AvgIpc) is 3.29. The predicted molar refractivity (Wildman–Crippen MR) is 106 cm³/mol. The van der Waals surface area contributed by atoms with Crippen molar-refractivity contribution in [1.29, 1.82) is 0 Å². The number of nitrogens with one attached hydrogen (secondary N) is 1. The number of amides is 1. The number of rotatable bonds is 7. The largest absolute Gasteiger partial charge is 0.342 e. The molecule has 1 aromatic carbocycles. The first-order valence-electron chi connectivity index (χ1n) is 9.60. The zero-order valence-corrected chi connectivity index (χ0v) is 17.1. The molecule has 0 aliphatic carbocycles. The maximum Gasteiger partial charge on any atom is 0.226 e. The summed E-state index contributed by atoms with van der Waals surface area (Å²) in [6.45, 7) is 6.03. The lowest BCUT2D eigenvalue weighted by Gasteiger charge is -2.19. The van der Waals surface area contributed by atoms with Crippen molar-refractivity contribution >= 4 is 5.91 Å². The summed E-state index contributed by atoms with van der Waals surface area (Å²) in [5.41, 5.74) is 0.190. The van der Waals surface area contributed by atoms with Crippen LogP contribution < -0.4 is 5.32 Å². The minimum Gasteiger partial charge on any atom is -0.342 e. The van der Waals surface area contributed by atoms with Gasteiger partial charge in [-0.25, -0.2) is 9.37 Å². The van der Waals surface area contributed by atoms with E-state index in [9.17, 15) is 9.18 Å². The summed E-state index contributed by atoms with van der Waals surface area (Å²) in [5.74, 6) is 1.14. The Morgan fingerprint density at radius 3 is 2.69 bits per heavy atom. The molecule has 1 amide bonds. The van der Waals surface area contributed by atoms with Gasteiger partial charge in [0.2, 0.25) is 11.8 Å². The standard InChI is InChI=1S/C21H26FN5O2/c1-21(2,3)20-25-17(29-26-20)11-7-10-16(28)24-18(19-23-12-13-27(19)4)14-8-5-6-9-15(14)22/h5-6,8-9,12-13,18H,7,10-11H2,1-4H3,(H,24,28). The van der Waals surface area contributed by atoms with E-state index >= 15 is 0 Å². The second kappa shape index (κ2) is 8.55. The fourth-order valence-corrected chi connectivity index (χ4v) is 2.94. The van der Waals surface area contributed by atoms with Gasteiger partial charge in [-0.1, -0.05) is 44.1 Å². The van der Waals surface area contributed by atoms with Crippen LogP contribution in [0.15, 0.2) is 41.2 Å². The van der Waals surface area contributed by atoms with Crippen LogP contribution in [-0.2, 0) is 23.7 Å². The van der Waals surface area contributed by atoms with Crippen LogP contribution in [0.2, 0.25) is 0 Å². The lowest BCUT2D eigenvalue weighted by atomic mass is 9.96. The van der Waals surface area contributed by atoms with Crippen molar-refractivity contribution in [1.82, 2.24) is 25.0 Å². The Labute approximate surface area is 169 Å². The van der Waals surface area contributed by atoms with Crippen molar-refractivity contribution in [2.45, 2.75) is 51.5 Å². The third kappa shape index (κ3) is 5.07. The average molecular weight is 399 g/mol. The van der Waals surface area contributed by atoms with Crippen molar-refractivity contribution in [2.75, 3.05) is 0 Å². The molecule has 3 aromatic rings. The van der Waals surface area contributed by atoms with Crippen molar-refractivity contribution in [2.24, 2.45) is 7.05 Å². The normalized spacial score (nSPS) is 12.7. The Morgan fingerprint density at radius 2 is 2.07 bits per heavy atom. The SMILES string of the molecule is Cn1ccnc1C(NC(=O)CCCc1nc(C(C)(C)C)no1)c1ccccc1F. The number of hydrogen-bond donors (Lipinski definition) is 1. The van der Waals surface area contributed by atoms with Gasteiger partial charge in [-0.3, -0.25) is 4.79 Å². The smallest absolute Gasteiger partial charge is 0.226 e. The number of nitrogens with zero attached hydrogens (tertiary/aromatic N) is 4. The third-order valence-electron chi connectivity index (χ3n) is 4.57. The number of halogens is 1. The Bertz CT molecular complexity index is 973. The monoisotopic (exact) mass is 399 g/mol. The maximum atomic E-state index is 14.4. The summed E-state index contributed by atoms with van der Waals surface area (Å²) < 4.78 is 21.4. The number of aromatic nitrogens is 4. The van der Waals surface area contributed by atoms with E-state index < -0.39 is 6.04 Å². The number of benzene rings is 1.